The number of methoxy groups -OCH3 is 1. The lowest BCUT2D eigenvalue weighted by molar-refractivity contribution is 0.369. The molecule has 1 fully saturated rings. The van der Waals surface area contributed by atoms with E-state index in [0.29, 0.717) is 5.75 Å². The van der Waals surface area contributed by atoms with Crippen LogP contribution >= 0.6 is 0 Å². The summed E-state index contributed by atoms with van der Waals surface area (Å²) in [7, 11) is 1.57. The lowest BCUT2D eigenvalue weighted by atomic mass is 10.0. The number of ether oxygens (including phenoxy) is 1. The molecule has 0 radical (unpaired) electrons. The first kappa shape index (κ1) is 11.3. The summed E-state index contributed by atoms with van der Waals surface area (Å²) in [5.41, 5.74) is 8.11. The first-order valence-corrected chi connectivity index (χ1v) is 5.69. The van der Waals surface area contributed by atoms with Gasteiger partial charge in [-0.05, 0) is 49.8 Å². The normalized spacial score (nSPS) is 17.2. The number of rotatable bonds is 4. The van der Waals surface area contributed by atoms with Crippen molar-refractivity contribution in [3.63, 3.8) is 0 Å². The first-order valence-electron chi connectivity index (χ1n) is 5.69. The van der Waals surface area contributed by atoms with Gasteiger partial charge < -0.3 is 15.6 Å². The predicted octanol–water partition coefficient (Wildman–Crippen LogP) is 2.13. The van der Waals surface area contributed by atoms with Crippen LogP contribution < -0.4 is 10.5 Å². The van der Waals surface area contributed by atoms with Crippen molar-refractivity contribution in [2.75, 3.05) is 7.11 Å². The molecule has 0 aliphatic heterocycles. The van der Waals surface area contributed by atoms with Crippen LogP contribution in [0, 0.1) is 6.92 Å². The van der Waals surface area contributed by atoms with E-state index in [0.717, 1.165) is 36.8 Å². The number of aryl methyl sites for hydroxylation is 2. The van der Waals surface area contributed by atoms with Crippen LogP contribution in [0.25, 0.3) is 0 Å². The zero-order valence-electron chi connectivity index (χ0n) is 9.92. The molecular formula is C13H19NO2. The quantitative estimate of drug-likeness (QED) is 0.819. The maximum absolute atomic E-state index is 9.96. The lowest BCUT2D eigenvalue weighted by Gasteiger charge is -2.12. The smallest absolute Gasteiger partial charge is 0.161 e. The van der Waals surface area contributed by atoms with Gasteiger partial charge in [0.2, 0.25) is 0 Å². The number of phenolic OH excluding ortho intramolecular Hbond substituents is 1. The molecule has 0 spiro atoms. The van der Waals surface area contributed by atoms with Crippen molar-refractivity contribution in [3.8, 4) is 11.5 Å². The molecule has 0 atom stereocenters. The number of nitrogens with two attached hydrogens (primary N) is 1. The van der Waals surface area contributed by atoms with Crippen molar-refractivity contribution in [2.45, 2.75) is 38.1 Å². The van der Waals surface area contributed by atoms with Crippen LogP contribution in [-0.2, 0) is 6.42 Å². The van der Waals surface area contributed by atoms with Crippen molar-refractivity contribution in [1.82, 2.24) is 0 Å². The van der Waals surface area contributed by atoms with Gasteiger partial charge in [-0.1, -0.05) is 6.07 Å². The van der Waals surface area contributed by atoms with Crippen molar-refractivity contribution in [1.29, 1.82) is 0 Å². The molecule has 3 N–H and O–H groups in total. The van der Waals surface area contributed by atoms with Crippen LogP contribution in [0.3, 0.4) is 0 Å². The van der Waals surface area contributed by atoms with E-state index in [-0.39, 0.29) is 11.3 Å². The zero-order valence-corrected chi connectivity index (χ0v) is 9.92. The average molecular weight is 221 g/mol. The number of benzene rings is 1. The minimum Gasteiger partial charge on any atom is -0.504 e. The number of aromatic hydroxyl groups is 1. The summed E-state index contributed by atoms with van der Waals surface area (Å²) >= 11 is 0. The molecule has 1 aliphatic carbocycles. The molecule has 1 aliphatic rings. The maximum Gasteiger partial charge on any atom is 0.161 e. The average Bonchev–Trinajstić information content (AvgIpc) is 2.98. The van der Waals surface area contributed by atoms with Gasteiger partial charge in [-0.2, -0.15) is 0 Å². The Kier molecular flexibility index (Phi) is 2.80. The zero-order chi connectivity index (χ0) is 11.8. The van der Waals surface area contributed by atoms with Crippen LogP contribution in [-0.4, -0.2) is 17.8 Å². The van der Waals surface area contributed by atoms with Gasteiger partial charge in [-0.3, -0.25) is 0 Å². The number of phenols is 1. The van der Waals surface area contributed by atoms with E-state index in [1.54, 1.807) is 7.11 Å². The van der Waals surface area contributed by atoms with E-state index >= 15 is 0 Å². The minimum atomic E-state index is 0.0312. The van der Waals surface area contributed by atoms with Gasteiger partial charge in [0.15, 0.2) is 11.5 Å². The van der Waals surface area contributed by atoms with Gasteiger partial charge >= 0.3 is 0 Å². The van der Waals surface area contributed by atoms with Crippen LogP contribution in [0.5, 0.6) is 11.5 Å². The Bertz CT molecular complexity index is 397. The Hall–Kier alpha value is -1.22. The molecule has 16 heavy (non-hydrogen) atoms. The monoisotopic (exact) mass is 221 g/mol. The third-order valence-corrected chi connectivity index (χ3v) is 3.30. The molecule has 1 aromatic carbocycles. The second-order valence-corrected chi connectivity index (χ2v) is 4.84. The summed E-state index contributed by atoms with van der Waals surface area (Å²) in [5, 5.41) is 9.96. The van der Waals surface area contributed by atoms with E-state index in [4.69, 9.17) is 10.5 Å². The number of hydrogen-bond donors (Lipinski definition) is 2. The third-order valence-electron chi connectivity index (χ3n) is 3.30. The Morgan fingerprint density at radius 1 is 1.44 bits per heavy atom. The molecule has 1 saturated carbocycles. The largest absolute Gasteiger partial charge is 0.504 e. The highest BCUT2D eigenvalue weighted by molar-refractivity contribution is 5.48. The third kappa shape index (κ3) is 2.30. The summed E-state index contributed by atoms with van der Waals surface area (Å²) in [6, 6.07) is 3.85. The molecule has 0 saturated heterocycles. The summed E-state index contributed by atoms with van der Waals surface area (Å²) in [5.74, 6) is 0.814. The van der Waals surface area contributed by atoms with Crippen LogP contribution in [0.15, 0.2) is 12.1 Å². The van der Waals surface area contributed by atoms with Crippen molar-refractivity contribution >= 4 is 0 Å². The molecule has 0 unspecified atom stereocenters. The highest BCUT2D eigenvalue weighted by atomic mass is 16.5. The SMILES string of the molecule is COc1cc(C)cc(CCC2(N)CC2)c1O. The minimum absolute atomic E-state index is 0.0312. The lowest BCUT2D eigenvalue weighted by Crippen LogP contribution is -2.22. The highest BCUT2D eigenvalue weighted by Crippen LogP contribution is 2.39. The van der Waals surface area contributed by atoms with Crippen LogP contribution in [0.4, 0.5) is 0 Å². The highest BCUT2D eigenvalue weighted by Gasteiger charge is 2.37. The molecule has 0 heterocycles. The van der Waals surface area contributed by atoms with Gasteiger partial charge in [0.25, 0.3) is 0 Å². The van der Waals surface area contributed by atoms with E-state index in [2.05, 4.69) is 0 Å². The molecule has 3 nitrogen and oxygen atoms in total. The van der Waals surface area contributed by atoms with Crippen LogP contribution in [0.2, 0.25) is 0 Å². The Morgan fingerprint density at radius 2 is 2.12 bits per heavy atom. The van der Waals surface area contributed by atoms with Gasteiger partial charge in [0, 0.05) is 5.54 Å². The van der Waals surface area contributed by atoms with Gasteiger partial charge in [0.1, 0.15) is 0 Å². The summed E-state index contributed by atoms with van der Waals surface area (Å²) < 4.78 is 5.13. The Labute approximate surface area is 96.2 Å². The molecule has 0 amide bonds. The molecule has 3 heteroatoms. The Balaban J connectivity index is 2.15. The number of hydrogen-bond acceptors (Lipinski definition) is 3. The van der Waals surface area contributed by atoms with Gasteiger partial charge in [-0.15, -0.1) is 0 Å². The standard InChI is InChI=1S/C13H19NO2/c1-9-7-10(3-4-13(14)5-6-13)12(15)11(8-9)16-2/h7-8,15H,3-6,14H2,1-2H3. The second kappa shape index (κ2) is 3.98. The molecule has 1 aromatic rings. The van der Waals surface area contributed by atoms with Gasteiger partial charge in [0.05, 0.1) is 7.11 Å². The molecule has 2 rings (SSSR count). The van der Waals surface area contributed by atoms with E-state index in [1.807, 2.05) is 19.1 Å². The van der Waals surface area contributed by atoms with Gasteiger partial charge in [-0.25, -0.2) is 0 Å². The topological polar surface area (TPSA) is 55.5 Å². The fraction of sp³-hybridized carbons (Fsp3) is 0.538. The predicted molar refractivity (Wildman–Crippen MR) is 63.9 cm³/mol. The molecule has 88 valence electrons. The summed E-state index contributed by atoms with van der Waals surface area (Å²) in [6.07, 6.45) is 3.97. The van der Waals surface area contributed by atoms with Crippen molar-refractivity contribution in [2.24, 2.45) is 5.73 Å². The van der Waals surface area contributed by atoms with E-state index in [1.165, 1.54) is 0 Å². The van der Waals surface area contributed by atoms with Crippen LogP contribution in [0.1, 0.15) is 30.4 Å². The summed E-state index contributed by atoms with van der Waals surface area (Å²) in [6.45, 7) is 2.00. The van der Waals surface area contributed by atoms with Crippen molar-refractivity contribution < 1.29 is 9.84 Å². The molecular weight excluding hydrogens is 202 g/mol. The fourth-order valence-electron chi connectivity index (χ4n) is 1.96. The van der Waals surface area contributed by atoms with Crippen molar-refractivity contribution in [3.05, 3.63) is 23.3 Å². The van der Waals surface area contributed by atoms with E-state index < -0.39 is 0 Å². The molecule has 0 bridgehead atoms. The maximum atomic E-state index is 9.96. The van der Waals surface area contributed by atoms with E-state index in [9.17, 15) is 5.11 Å². The molecule has 0 aromatic heterocycles. The first-order chi connectivity index (χ1) is 7.54. The second-order valence-electron chi connectivity index (χ2n) is 4.84. The summed E-state index contributed by atoms with van der Waals surface area (Å²) in [4.78, 5) is 0. The Morgan fingerprint density at radius 3 is 2.69 bits per heavy atom. The fourth-order valence-corrected chi connectivity index (χ4v) is 1.96.